The zero-order valence-electron chi connectivity index (χ0n) is 5.92. The first kappa shape index (κ1) is 9.28. The van der Waals surface area contributed by atoms with Gasteiger partial charge in [0.2, 0.25) is 0 Å². The van der Waals surface area contributed by atoms with Gasteiger partial charge in [0.1, 0.15) is 12.2 Å². The number of hydrogen-bond donors (Lipinski definition) is 2. The fraction of sp³-hybridized carbons (Fsp3) is 0.429. The minimum Gasteiger partial charge on any atom is -0.386 e. The van der Waals surface area contributed by atoms with Crippen LogP contribution in [-0.2, 0) is 0 Å². The Labute approximate surface area is 66.6 Å². The van der Waals surface area contributed by atoms with Crippen molar-refractivity contribution in [3.63, 3.8) is 0 Å². The summed E-state index contributed by atoms with van der Waals surface area (Å²) in [4.78, 5) is 0. The number of halogens is 3. The van der Waals surface area contributed by atoms with Gasteiger partial charge in [-0.15, -0.1) is 0 Å². The van der Waals surface area contributed by atoms with Gasteiger partial charge in [-0.2, -0.15) is 13.2 Å². The summed E-state index contributed by atoms with van der Waals surface area (Å²) in [5.41, 5.74) is -1.11. The Kier molecular flexibility index (Phi) is 2.25. The van der Waals surface area contributed by atoms with Crippen molar-refractivity contribution in [3.05, 3.63) is 23.8 Å². The van der Waals surface area contributed by atoms with Crippen molar-refractivity contribution >= 4 is 0 Å². The standard InChI is InChI=1S/C7H7F3O2/c8-7(9,10)4-2-1-3-5(11)6(4)12/h1-3,5-6,11-12H/t5-,6-/m0/s1. The Hall–Kier alpha value is -0.810. The van der Waals surface area contributed by atoms with Gasteiger partial charge in [0.15, 0.2) is 0 Å². The fourth-order valence-corrected chi connectivity index (χ4v) is 0.923. The summed E-state index contributed by atoms with van der Waals surface area (Å²) in [5.74, 6) is 0. The van der Waals surface area contributed by atoms with Crippen LogP contribution in [0, 0.1) is 0 Å². The molecule has 0 aromatic rings. The van der Waals surface area contributed by atoms with Gasteiger partial charge in [0.05, 0.1) is 5.57 Å². The molecule has 0 bridgehead atoms. The number of aliphatic hydroxyl groups is 2. The lowest BCUT2D eigenvalue weighted by atomic mass is 9.99. The minimum atomic E-state index is -4.58. The van der Waals surface area contributed by atoms with E-state index in [1.54, 1.807) is 0 Å². The molecule has 2 N–H and O–H groups in total. The molecular weight excluding hydrogens is 173 g/mol. The number of alkyl halides is 3. The van der Waals surface area contributed by atoms with E-state index in [1.807, 2.05) is 0 Å². The second-order valence-corrected chi connectivity index (χ2v) is 2.44. The van der Waals surface area contributed by atoms with Gasteiger partial charge in [-0.3, -0.25) is 0 Å². The predicted molar refractivity (Wildman–Crippen MR) is 35.3 cm³/mol. The molecular formula is C7H7F3O2. The molecule has 0 unspecified atom stereocenters. The number of hydrogen-bond acceptors (Lipinski definition) is 2. The summed E-state index contributed by atoms with van der Waals surface area (Å²) in [6.45, 7) is 0. The van der Waals surface area contributed by atoms with Crippen molar-refractivity contribution in [2.75, 3.05) is 0 Å². The summed E-state index contributed by atoms with van der Waals surface area (Å²) in [5, 5.41) is 17.7. The lowest BCUT2D eigenvalue weighted by Gasteiger charge is -2.22. The summed E-state index contributed by atoms with van der Waals surface area (Å²) in [6, 6.07) is 0. The van der Waals surface area contributed by atoms with Gasteiger partial charge in [0.25, 0.3) is 0 Å². The lowest BCUT2D eigenvalue weighted by molar-refractivity contribution is -0.112. The molecule has 0 aromatic carbocycles. The fourth-order valence-electron chi connectivity index (χ4n) is 0.923. The van der Waals surface area contributed by atoms with Crippen LogP contribution >= 0.6 is 0 Å². The molecule has 1 rings (SSSR count). The van der Waals surface area contributed by atoms with Gasteiger partial charge >= 0.3 is 6.18 Å². The maximum Gasteiger partial charge on any atom is 0.415 e. The molecule has 1 aliphatic rings. The Morgan fingerprint density at radius 1 is 1.25 bits per heavy atom. The topological polar surface area (TPSA) is 40.5 Å². The smallest absolute Gasteiger partial charge is 0.386 e. The second-order valence-electron chi connectivity index (χ2n) is 2.44. The van der Waals surface area contributed by atoms with E-state index < -0.39 is 24.0 Å². The summed E-state index contributed by atoms with van der Waals surface area (Å²) in [6.07, 6.45) is -5.00. The molecule has 68 valence electrons. The molecule has 0 spiro atoms. The molecule has 12 heavy (non-hydrogen) atoms. The van der Waals surface area contributed by atoms with Crippen LogP contribution in [0.4, 0.5) is 13.2 Å². The molecule has 0 saturated carbocycles. The maximum atomic E-state index is 12.0. The van der Waals surface area contributed by atoms with Gasteiger partial charge in [-0.25, -0.2) is 0 Å². The largest absolute Gasteiger partial charge is 0.415 e. The van der Waals surface area contributed by atoms with Gasteiger partial charge in [-0.05, 0) is 0 Å². The first-order chi connectivity index (χ1) is 5.43. The highest BCUT2D eigenvalue weighted by Gasteiger charge is 2.40. The maximum absolute atomic E-state index is 12.0. The Morgan fingerprint density at radius 3 is 2.25 bits per heavy atom. The van der Waals surface area contributed by atoms with E-state index in [1.165, 1.54) is 0 Å². The van der Waals surface area contributed by atoms with Gasteiger partial charge in [0, 0.05) is 0 Å². The molecule has 1 aliphatic carbocycles. The summed E-state index contributed by atoms with van der Waals surface area (Å²) < 4.78 is 36.0. The van der Waals surface area contributed by atoms with Crippen molar-refractivity contribution in [2.24, 2.45) is 0 Å². The van der Waals surface area contributed by atoms with E-state index in [9.17, 15) is 13.2 Å². The van der Waals surface area contributed by atoms with Gasteiger partial charge < -0.3 is 10.2 Å². The zero-order valence-corrected chi connectivity index (χ0v) is 5.92. The molecule has 0 aliphatic heterocycles. The third-order valence-electron chi connectivity index (χ3n) is 1.55. The zero-order chi connectivity index (χ0) is 9.35. The van der Waals surface area contributed by atoms with E-state index in [0.29, 0.717) is 0 Å². The normalized spacial score (nSPS) is 30.2. The quantitative estimate of drug-likeness (QED) is 0.578. The molecule has 2 nitrogen and oxygen atoms in total. The van der Waals surface area contributed by atoms with E-state index in [-0.39, 0.29) is 0 Å². The van der Waals surface area contributed by atoms with E-state index in [2.05, 4.69) is 0 Å². The van der Waals surface area contributed by atoms with Crippen LogP contribution in [0.25, 0.3) is 0 Å². The number of aliphatic hydroxyl groups excluding tert-OH is 2. The van der Waals surface area contributed by atoms with E-state index in [0.717, 1.165) is 18.2 Å². The van der Waals surface area contributed by atoms with Crippen LogP contribution in [0.3, 0.4) is 0 Å². The average molecular weight is 180 g/mol. The van der Waals surface area contributed by atoms with Crippen LogP contribution in [0.1, 0.15) is 0 Å². The van der Waals surface area contributed by atoms with Crippen LogP contribution in [-0.4, -0.2) is 28.6 Å². The molecule has 0 radical (unpaired) electrons. The monoisotopic (exact) mass is 180 g/mol. The summed E-state index contributed by atoms with van der Waals surface area (Å²) in [7, 11) is 0. The number of allylic oxidation sites excluding steroid dienone is 2. The molecule has 2 atom stereocenters. The van der Waals surface area contributed by atoms with Gasteiger partial charge in [-0.1, -0.05) is 18.2 Å². The average Bonchev–Trinajstić information content (AvgIpc) is 1.92. The van der Waals surface area contributed by atoms with Crippen molar-refractivity contribution in [3.8, 4) is 0 Å². The van der Waals surface area contributed by atoms with E-state index >= 15 is 0 Å². The third kappa shape index (κ3) is 1.67. The highest BCUT2D eigenvalue weighted by molar-refractivity contribution is 5.28. The van der Waals surface area contributed by atoms with Crippen molar-refractivity contribution in [1.82, 2.24) is 0 Å². The molecule has 0 heterocycles. The molecule has 0 amide bonds. The van der Waals surface area contributed by atoms with Crippen molar-refractivity contribution in [2.45, 2.75) is 18.4 Å². The number of rotatable bonds is 0. The Morgan fingerprint density at radius 2 is 1.83 bits per heavy atom. The molecule has 0 aromatic heterocycles. The first-order valence-electron chi connectivity index (χ1n) is 3.24. The Bertz CT molecular complexity index is 229. The SMILES string of the molecule is O[C@H]1C=CC=C(C(F)(F)F)[C@@H]1O. The van der Waals surface area contributed by atoms with Crippen molar-refractivity contribution in [1.29, 1.82) is 0 Å². The third-order valence-corrected chi connectivity index (χ3v) is 1.55. The lowest BCUT2D eigenvalue weighted by Crippen LogP contribution is -2.34. The Balaban J connectivity index is 2.90. The van der Waals surface area contributed by atoms with Crippen LogP contribution in [0.2, 0.25) is 0 Å². The molecule has 0 fully saturated rings. The highest BCUT2D eigenvalue weighted by atomic mass is 19.4. The van der Waals surface area contributed by atoms with Crippen LogP contribution in [0.15, 0.2) is 23.8 Å². The van der Waals surface area contributed by atoms with Crippen LogP contribution in [0.5, 0.6) is 0 Å². The van der Waals surface area contributed by atoms with Crippen molar-refractivity contribution < 1.29 is 23.4 Å². The predicted octanol–water partition coefficient (Wildman–Crippen LogP) is 0.767. The highest BCUT2D eigenvalue weighted by Crippen LogP contribution is 2.31. The first-order valence-corrected chi connectivity index (χ1v) is 3.24. The molecule has 0 saturated heterocycles. The van der Waals surface area contributed by atoms with E-state index in [4.69, 9.17) is 10.2 Å². The second kappa shape index (κ2) is 2.91. The summed E-state index contributed by atoms with van der Waals surface area (Å²) >= 11 is 0. The molecule has 5 heteroatoms. The van der Waals surface area contributed by atoms with Crippen LogP contribution < -0.4 is 0 Å². The minimum absolute atomic E-state index is 0.747.